The van der Waals surface area contributed by atoms with Crippen molar-refractivity contribution < 1.29 is 9.59 Å². The predicted octanol–water partition coefficient (Wildman–Crippen LogP) is 2.28. The number of anilines is 1. The molecule has 0 saturated heterocycles. The third-order valence-corrected chi connectivity index (χ3v) is 4.07. The van der Waals surface area contributed by atoms with Gasteiger partial charge >= 0.3 is 0 Å². The molecule has 0 unspecified atom stereocenters. The van der Waals surface area contributed by atoms with Crippen molar-refractivity contribution in [2.24, 2.45) is 0 Å². The highest BCUT2D eigenvalue weighted by Crippen LogP contribution is 2.28. The summed E-state index contributed by atoms with van der Waals surface area (Å²) in [7, 11) is 0. The molecule has 1 N–H and O–H groups in total. The third-order valence-electron chi connectivity index (χ3n) is 4.07. The average Bonchev–Trinajstić information content (AvgIpc) is 2.88. The van der Waals surface area contributed by atoms with Gasteiger partial charge in [-0.3, -0.25) is 19.0 Å². The first-order chi connectivity index (χ1) is 11.6. The second-order valence-corrected chi connectivity index (χ2v) is 5.56. The summed E-state index contributed by atoms with van der Waals surface area (Å²) in [5, 5.41) is 3.18. The molecule has 0 saturated carbocycles. The number of para-hydroxylation sites is 1. The maximum atomic E-state index is 12.7. The molecule has 6 nitrogen and oxygen atoms in total. The molecule has 6 heteroatoms. The molecule has 24 heavy (non-hydrogen) atoms. The first-order valence-electron chi connectivity index (χ1n) is 7.61. The highest BCUT2D eigenvalue weighted by molar-refractivity contribution is 6.14. The van der Waals surface area contributed by atoms with Crippen molar-refractivity contribution in [3.63, 3.8) is 0 Å². The summed E-state index contributed by atoms with van der Waals surface area (Å²) < 4.78 is 1.34. The van der Waals surface area contributed by atoms with Gasteiger partial charge in [0.15, 0.2) is 5.82 Å². The van der Waals surface area contributed by atoms with Gasteiger partial charge in [-0.1, -0.05) is 19.1 Å². The maximum Gasteiger partial charge on any atom is 0.266 e. The fraction of sp³-hybridized carbons (Fsp3) is 0.111. The van der Waals surface area contributed by atoms with Crippen molar-refractivity contribution in [2.75, 3.05) is 5.32 Å². The maximum absolute atomic E-state index is 12.7. The summed E-state index contributed by atoms with van der Waals surface area (Å²) in [4.78, 5) is 41.3. The zero-order chi connectivity index (χ0) is 16.8. The molecule has 1 aliphatic rings. The quantitative estimate of drug-likeness (QED) is 0.614. The van der Waals surface area contributed by atoms with Crippen LogP contribution in [-0.4, -0.2) is 21.2 Å². The van der Waals surface area contributed by atoms with E-state index in [1.807, 2.05) is 0 Å². The SMILES string of the molecule is CCC(=O)Nc1ccc2c(c1)C(=O)c1nc3ccccc3c(=O)n1-2. The van der Waals surface area contributed by atoms with Crippen LogP contribution < -0.4 is 10.9 Å². The minimum absolute atomic E-state index is 0.104. The minimum Gasteiger partial charge on any atom is -0.326 e. The van der Waals surface area contributed by atoms with Gasteiger partial charge in [0, 0.05) is 12.1 Å². The van der Waals surface area contributed by atoms with Crippen LogP contribution in [-0.2, 0) is 4.79 Å². The Hall–Kier alpha value is -3.28. The Bertz CT molecular complexity index is 1080. The fourth-order valence-corrected chi connectivity index (χ4v) is 2.87. The van der Waals surface area contributed by atoms with Gasteiger partial charge in [-0.05, 0) is 30.3 Å². The van der Waals surface area contributed by atoms with Crippen molar-refractivity contribution >= 4 is 28.3 Å². The van der Waals surface area contributed by atoms with E-state index >= 15 is 0 Å². The topological polar surface area (TPSA) is 81.1 Å². The van der Waals surface area contributed by atoms with E-state index in [0.29, 0.717) is 34.3 Å². The second kappa shape index (κ2) is 5.13. The van der Waals surface area contributed by atoms with Crippen molar-refractivity contribution in [2.45, 2.75) is 13.3 Å². The molecule has 3 aromatic rings. The van der Waals surface area contributed by atoms with E-state index in [1.165, 1.54) is 4.57 Å². The van der Waals surface area contributed by atoms with Gasteiger partial charge in [-0.2, -0.15) is 0 Å². The van der Waals surface area contributed by atoms with Gasteiger partial charge < -0.3 is 5.32 Å². The minimum atomic E-state index is -0.319. The molecule has 0 spiro atoms. The number of nitrogens with zero attached hydrogens (tertiary/aromatic N) is 2. The molecule has 0 fully saturated rings. The van der Waals surface area contributed by atoms with Gasteiger partial charge in [0.05, 0.1) is 22.2 Å². The Morgan fingerprint density at radius 3 is 2.75 bits per heavy atom. The molecule has 1 aliphatic heterocycles. The summed E-state index contributed by atoms with van der Waals surface area (Å²) in [6, 6.07) is 11.9. The van der Waals surface area contributed by atoms with E-state index < -0.39 is 0 Å². The molecule has 4 rings (SSSR count). The summed E-state index contributed by atoms with van der Waals surface area (Å²) >= 11 is 0. The number of amides is 1. The van der Waals surface area contributed by atoms with Crippen LogP contribution in [0.2, 0.25) is 0 Å². The highest BCUT2D eigenvalue weighted by atomic mass is 16.2. The number of hydrogen-bond donors (Lipinski definition) is 1. The molecular formula is C18H13N3O3. The Balaban J connectivity index is 1.93. The Labute approximate surface area is 136 Å². The van der Waals surface area contributed by atoms with E-state index in [1.54, 1.807) is 49.4 Å². The Morgan fingerprint density at radius 2 is 1.96 bits per heavy atom. The van der Waals surface area contributed by atoms with Gasteiger partial charge in [0.2, 0.25) is 11.7 Å². The van der Waals surface area contributed by atoms with Crippen LogP contribution in [0.4, 0.5) is 5.69 Å². The lowest BCUT2D eigenvalue weighted by molar-refractivity contribution is -0.115. The van der Waals surface area contributed by atoms with Crippen molar-refractivity contribution in [3.05, 3.63) is 64.2 Å². The molecule has 0 radical (unpaired) electrons. The molecule has 2 aromatic carbocycles. The second-order valence-electron chi connectivity index (χ2n) is 5.56. The number of aromatic nitrogens is 2. The number of nitrogens with one attached hydrogen (secondary N) is 1. The van der Waals surface area contributed by atoms with E-state index in [-0.39, 0.29) is 23.1 Å². The monoisotopic (exact) mass is 319 g/mol. The lowest BCUT2D eigenvalue weighted by Gasteiger charge is -2.07. The summed E-state index contributed by atoms with van der Waals surface area (Å²) in [5.41, 5.74) is 1.61. The fourth-order valence-electron chi connectivity index (χ4n) is 2.87. The largest absolute Gasteiger partial charge is 0.326 e. The van der Waals surface area contributed by atoms with Crippen LogP contribution in [0.3, 0.4) is 0 Å². The van der Waals surface area contributed by atoms with E-state index in [4.69, 9.17) is 0 Å². The molecule has 0 aliphatic carbocycles. The normalized spacial score (nSPS) is 12.1. The predicted molar refractivity (Wildman–Crippen MR) is 89.7 cm³/mol. The lowest BCUT2D eigenvalue weighted by Crippen LogP contribution is -2.21. The van der Waals surface area contributed by atoms with E-state index in [9.17, 15) is 14.4 Å². The number of hydrogen-bond acceptors (Lipinski definition) is 4. The summed E-state index contributed by atoms with van der Waals surface area (Å²) in [5.74, 6) is -0.355. The molecule has 1 aromatic heterocycles. The number of carbonyl (C=O) groups is 2. The Kier molecular flexibility index (Phi) is 3.06. The van der Waals surface area contributed by atoms with Gasteiger partial charge in [-0.15, -0.1) is 0 Å². The van der Waals surface area contributed by atoms with Crippen LogP contribution in [0.15, 0.2) is 47.3 Å². The van der Waals surface area contributed by atoms with Crippen LogP contribution in [0.5, 0.6) is 0 Å². The first kappa shape index (κ1) is 14.3. The van der Waals surface area contributed by atoms with Crippen molar-refractivity contribution in [3.8, 4) is 5.69 Å². The van der Waals surface area contributed by atoms with Crippen LogP contribution in [0.1, 0.15) is 29.5 Å². The lowest BCUT2D eigenvalue weighted by atomic mass is 10.1. The standard InChI is InChI=1S/C18H13N3O3/c1-2-15(22)19-10-7-8-14-12(9-10)16(23)17-20-13-6-4-3-5-11(13)18(24)21(14)17/h3-9H,2H2,1H3,(H,19,22). The van der Waals surface area contributed by atoms with E-state index in [0.717, 1.165) is 0 Å². The van der Waals surface area contributed by atoms with Gasteiger partial charge in [0.1, 0.15) is 0 Å². The number of ketones is 1. The first-order valence-corrected chi connectivity index (χ1v) is 7.61. The average molecular weight is 319 g/mol. The number of rotatable bonds is 2. The zero-order valence-corrected chi connectivity index (χ0v) is 12.9. The molecule has 0 bridgehead atoms. The van der Waals surface area contributed by atoms with Crippen LogP contribution in [0.25, 0.3) is 16.6 Å². The smallest absolute Gasteiger partial charge is 0.266 e. The zero-order valence-electron chi connectivity index (χ0n) is 12.9. The van der Waals surface area contributed by atoms with Gasteiger partial charge in [-0.25, -0.2) is 4.98 Å². The molecule has 118 valence electrons. The van der Waals surface area contributed by atoms with Crippen LogP contribution >= 0.6 is 0 Å². The summed E-state index contributed by atoms with van der Waals surface area (Å²) in [6.07, 6.45) is 0.345. The highest BCUT2D eigenvalue weighted by Gasteiger charge is 2.30. The van der Waals surface area contributed by atoms with E-state index in [2.05, 4.69) is 10.3 Å². The van der Waals surface area contributed by atoms with Crippen molar-refractivity contribution in [1.82, 2.24) is 9.55 Å². The molecular weight excluding hydrogens is 306 g/mol. The van der Waals surface area contributed by atoms with Gasteiger partial charge in [0.25, 0.3) is 5.56 Å². The Morgan fingerprint density at radius 1 is 1.17 bits per heavy atom. The van der Waals surface area contributed by atoms with Crippen molar-refractivity contribution in [1.29, 1.82) is 0 Å². The summed E-state index contributed by atoms with van der Waals surface area (Å²) in [6.45, 7) is 1.75. The number of carbonyl (C=O) groups excluding carboxylic acids is 2. The molecule has 2 heterocycles. The molecule has 0 atom stereocenters. The molecule has 1 amide bonds. The third kappa shape index (κ3) is 1.96. The van der Waals surface area contributed by atoms with Crippen LogP contribution in [0, 0.1) is 0 Å². The number of fused-ring (bicyclic) bond motifs is 4. The number of benzene rings is 2.